The summed E-state index contributed by atoms with van der Waals surface area (Å²) in [6.45, 7) is 8.66. The van der Waals surface area contributed by atoms with E-state index in [0.717, 1.165) is 11.4 Å². The number of likely N-dealkylation sites (tertiary alicyclic amines) is 1. The zero-order valence-electron chi connectivity index (χ0n) is 17.3. The van der Waals surface area contributed by atoms with Crippen LogP contribution in [0.4, 0.5) is 11.6 Å². The van der Waals surface area contributed by atoms with E-state index in [1.54, 1.807) is 6.07 Å². The van der Waals surface area contributed by atoms with E-state index in [9.17, 15) is 4.79 Å². The number of carbonyl (C=O) groups excluding carboxylic acids is 1. The zero-order valence-corrected chi connectivity index (χ0v) is 17.3. The Morgan fingerprint density at radius 2 is 1.76 bits per heavy atom. The molecule has 2 aliphatic heterocycles. The summed E-state index contributed by atoms with van der Waals surface area (Å²) in [6.07, 6.45) is 1.38. The Morgan fingerprint density at radius 3 is 2.38 bits per heavy atom. The van der Waals surface area contributed by atoms with Crippen molar-refractivity contribution in [1.82, 2.24) is 14.9 Å². The standard InChI is InChI=1S/C22H28N4O3/c1-15(2)17-4-6-18(7-5-17)24-21-23-16(3)14-19(25-21)20(27)26-10-8-22(9-11-26)28-12-13-29-22/h4-7,14-15H,8-13H2,1-3H3,(H,23,24,25). The minimum Gasteiger partial charge on any atom is -0.347 e. The number of hydrogen-bond donors (Lipinski definition) is 1. The van der Waals surface area contributed by atoms with Gasteiger partial charge in [0, 0.05) is 37.3 Å². The number of amides is 1. The minimum absolute atomic E-state index is 0.0819. The molecule has 1 amide bonds. The monoisotopic (exact) mass is 396 g/mol. The first-order valence-electron chi connectivity index (χ1n) is 10.2. The second kappa shape index (κ2) is 8.08. The van der Waals surface area contributed by atoms with Gasteiger partial charge in [0.2, 0.25) is 5.95 Å². The Kier molecular flexibility index (Phi) is 5.52. The summed E-state index contributed by atoms with van der Waals surface area (Å²) < 4.78 is 11.5. The molecule has 1 aromatic heterocycles. The molecule has 7 nitrogen and oxygen atoms in total. The van der Waals surface area contributed by atoms with Gasteiger partial charge >= 0.3 is 0 Å². The van der Waals surface area contributed by atoms with Crippen LogP contribution in [-0.4, -0.2) is 52.9 Å². The highest BCUT2D eigenvalue weighted by atomic mass is 16.7. The number of nitrogens with one attached hydrogen (secondary N) is 1. The van der Waals surface area contributed by atoms with E-state index in [-0.39, 0.29) is 5.91 Å². The van der Waals surface area contributed by atoms with E-state index in [1.165, 1.54) is 5.56 Å². The molecule has 0 radical (unpaired) electrons. The number of piperidine rings is 1. The lowest BCUT2D eigenvalue weighted by molar-refractivity contribution is -0.181. The van der Waals surface area contributed by atoms with Crippen LogP contribution in [0, 0.1) is 6.92 Å². The van der Waals surface area contributed by atoms with Crippen LogP contribution in [0.3, 0.4) is 0 Å². The Hall–Kier alpha value is -2.51. The summed E-state index contributed by atoms with van der Waals surface area (Å²) in [4.78, 5) is 23.7. The smallest absolute Gasteiger partial charge is 0.272 e. The highest BCUT2D eigenvalue weighted by Gasteiger charge is 2.41. The molecule has 1 aromatic carbocycles. The molecule has 7 heteroatoms. The van der Waals surface area contributed by atoms with Crippen molar-refractivity contribution in [2.75, 3.05) is 31.6 Å². The number of ether oxygens (including phenoxy) is 2. The lowest BCUT2D eigenvalue weighted by Crippen LogP contribution is -2.47. The van der Waals surface area contributed by atoms with Gasteiger partial charge in [-0.2, -0.15) is 0 Å². The van der Waals surface area contributed by atoms with Crippen LogP contribution in [0.5, 0.6) is 0 Å². The number of anilines is 2. The van der Waals surface area contributed by atoms with Crippen molar-refractivity contribution in [2.45, 2.75) is 45.3 Å². The molecule has 2 aromatic rings. The summed E-state index contributed by atoms with van der Waals surface area (Å²) in [5.41, 5.74) is 3.33. The van der Waals surface area contributed by atoms with Crippen LogP contribution >= 0.6 is 0 Å². The molecule has 3 heterocycles. The van der Waals surface area contributed by atoms with E-state index in [1.807, 2.05) is 24.0 Å². The normalized spacial score (nSPS) is 18.4. The summed E-state index contributed by atoms with van der Waals surface area (Å²) in [5, 5.41) is 3.22. The fraction of sp³-hybridized carbons (Fsp3) is 0.500. The third kappa shape index (κ3) is 4.41. The molecular formula is C22H28N4O3. The molecule has 2 fully saturated rings. The van der Waals surface area contributed by atoms with Gasteiger partial charge in [-0.1, -0.05) is 26.0 Å². The maximum Gasteiger partial charge on any atom is 0.272 e. The van der Waals surface area contributed by atoms with Crippen LogP contribution in [0.25, 0.3) is 0 Å². The molecule has 0 bridgehead atoms. The number of rotatable bonds is 4. The quantitative estimate of drug-likeness (QED) is 0.850. The average Bonchev–Trinajstić information content (AvgIpc) is 3.16. The number of benzene rings is 1. The third-order valence-electron chi connectivity index (χ3n) is 5.53. The molecule has 2 saturated heterocycles. The molecule has 2 aliphatic rings. The van der Waals surface area contributed by atoms with Crippen molar-refractivity contribution >= 4 is 17.5 Å². The summed E-state index contributed by atoms with van der Waals surface area (Å²) in [7, 11) is 0. The molecule has 0 unspecified atom stereocenters. The minimum atomic E-state index is -0.493. The number of aromatic nitrogens is 2. The van der Waals surface area contributed by atoms with Crippen molar-refractivity contribution in [3.8, 4) is 0 Å². The molecule has 0 aliphatic carbocycles. The number of nitrogens with zero attached hydrogens (tertiary/aromatic N) is 3. The second-order valence-corrected chi connectivity index (χ2v) is 8.02. The predicted octanol–water partition coefficient (Wildman–Crippen LogP) is 3.63. The summed E-state index contributed by atoms with van der Waals surface area (Å²) in [6, 6.07) is 9.93. The fourth-order valence-electron chi connectivity index (χ4n) is 3.81. The number of carbonyl (C=O) groups is 1. The van der Waals surface area contributed by atoms with Gasteiger partial charge in [0.15, 0.2) is 5.79 Å². The van der Waals surface area contributed by atoms with Gasteiger partial charge < -0.3 is 19.7 Å². The Balaban J connectivity index is 1.45. The van der Waals surface area contributed by atoms with Gasteiger partial charge in [-0.3, -0.25) is 4.79 Å². The number of hydrogen-bond acceptors (Lipinski definition) is 6. The van der Waals surface area contributed by atoms with Gasteiger partial charge in [-0.15, -0.1) is 0 Å². The topological polar surface area (TPSA) is 76.6 Å². The van der Waals surface area contributed by atoms with Crippen molar-refractivity contribution in [1.29, 1.82) is 0 Å². The van der Waals surface area contributed by atoms with Crippen LogP contribution < -0.4 is 5.32 Å². The zero-order chi connectivity index (χ0) is 20.4. The van der Waals surface area contributed by atoms with E-state index in [2.05, 4.69) is 41.3 Å². The summed E-state index contributed by atoms with van der Waals surface area (Å²) in [5.74, 6) is 0.336. The molecule has 1 spiro atoms. The lowest BCUT2D eigenvalue weighted by atomic mass is 10.0. The van der Waals surface area contributed by atoms with Gasteiger partial charge in [0.05, 0.1) is 13.2 Å². The van der Waals surface area contributed by atoms with Crippen molar-refractivity contribution in [2.24, 2.45) is 0 Å². The largest absolute Gasteiger partial charge is 0.347 e. The van der Waals surface area contributed by atoms with E-state index in [4.69, 9.17) is 9.47 Å². The van der Waals surface area contributed by atoms with Crippen LogP contribution in [-0.2, 0) is 9.47 Å². The molecule has 154 valence electrons. The highest BCUT2D eigenvalue weighted by Crippen LogP contribution is 2.31. The maximum atomic E-state index is 13.0. The molecule has 4 rings (SSSR count). The fourth-order valence-corrected chi connectivity index (χ4v) is 3.81. The highest BCUT2D eigenvalue weighted by molar-refractivity contribution is 5.92. The van der Waals surface area contributed by atoms with Crippen LogP contribution in [0.15, 0.2) is 30.3 Å². The Morgan fingerprint density at radius 1 is 1.10 bits per heavy atom. The molecular weight excluding hydrogens is 368 g/mol. The molecule has 29 heavy (non-hydrogen) atoms. The van der Waals surface area contributed by atoms with Crippen LogP contribution in [0.1, 0.15) is 54.4 Å². The third-order valence-corrected chi connectivity index (χ3v) is 5.53. The average molecular weight is 396 g/mol. The molecule has 0 saturated carbocycles. The lowest BCUT2D eigenvalue weighted by Gasteiger charge is -2.37. The first kappa shape index (κ1) is 19.8. The Labute approximate surface area is 171 Å². The second-order valence-electron chi connectivity index (χ2n) is 8.02. The maximum absolute atomic E-state index is 13.0. The van der Waals surface area contributed by atoms with Crippen molar-refractivity contribution in [3.05, 3.63) is 47.3 Å². The first-order valence-corrected chi connectivity index (χ1v) is 10.2. The molecule has 1 N–H and O–H groups in total. The SMILES string of the molecule is Cc1cc(C(=O)N2CCC3(CC2)OCCO3)nc(Nc2ccc(C(C)C)cc2)n1. The Bertz CT molecular complexity index is 866. The van der Waals surface area contributed by atoms with E-state index >= 15 is 0 Å². The van der Waals surface area contributed by atoms with Crippen molar-refractivity contribution in [3.63, 3.8) is 0 Å². The number of aryl methyl sites for hydroxylation is 1. The van der Waals surface area contributed by atoms with Crippen molar-refractivity contribution < 1.29 is 14.3 Å². The molecule has 0 atom stereocenters. The van der Waals surface area contributed by atoms with Gasteiger partial charge in [0.1, 0.15) is 5.69 Å². The van der Waals surface area contributed by atoms with E-state index < -0.39 is 5.79 Å². The first-order chi connectivity index (χ1) is 13.9. The summed E-state index contributed by atoms with van der Waals surface area (Å²) >= 11 is 0. The predicted molar refractivity (Wildman–Crippen MR) is 110 cm³/mol. The van der Waals surface area contributed by atoms with Gasteiger partial charge in [-0.25, -0.2) is 9.97 Å². The van der Waals surface area contributed by atoms with E-state index in [0.29, 0.717) is 56.7 Å². The van der Waals surface area contributed by atoms with Gasteiger partial charge in [-0.05, 0) is 36.6 Å². The van der Waals surface area contributed by atoms with Gasteiger partial charge in [0.25, 0.3) is 5.91 Å². The van der Waals surface area contributed by atoms with Crippen LogP contribution in [0.2, 0.25) is 0 Å².